The van der Waals surface area contributed by atoms with Crippen LogP contribution in [0.3, 0.4) is 0 Å². The Morgan fingerprint density at radius 1 is 1.30 bits per heavy atom. The second kappa shape index (κ2) is 5.66. The topological polar surface area (TPSA) is 38.1 Å². The third-order valence-electron chi connectivity index (χ3n) is 3.17. The van der Waals surface area contributed by atoms with Crippen LogP contribution in [0.4, 0.5) is 13.2 Å². The fourth-order valence-corrected chi connectivity index (χ4v) is 2.27. The van der Waals surface area contributed by atoms with Crippen LogP contribution in [0.5, 0.6) is 0 Å². The molecule has 1 atom stereocenters. The Kier molecular flexibility index (Phi) is 4.13. The van der Waals surface area contributed by atoms with E-state index in [1.165, 1.54) is 12.5 Å². The molecule has 0 radical (unpaired) electrons. The predicted molar refractivity (Wildman–Crippen MR) is 68.2 cm³/mol. The molecule has 2 aromatic heterocycles. The number of pyridine rings is 1. The summed E-state index contributed by atoms with van der Waals surface area (Å²) in [6.45, 7) is 1.89. The fourth-order valence-electron chi connectivity index (χ4n) is 2.27. The molecule has 0 saturated heterocycles. The number of alkyl halides is 3. The van der Waals surface area contributed by atoms with Crippen molar-refractivity contribution in [3.63, 3.8) is 0 Å². The molecule has 0 aliphatic carbocycles. The lowest BCUT2D eigenvalue weighted by molar-refractivity contribution is -0.138. The van der Waals surface area contributed by atoms with E-state index in [0.29, 0.717) is 17.7 Å². The van der Waals surface area contributed by atoms with E-state index < -0.39 is 17.8 Å². The van der Waals surface area contributed by atoms with E-state index in [1.807, 2.05) is 6.92 Å². The molecule has 0 spiro atoms. The number of nitrogens with one attached hydrogen (secondary N) is 1. The average molecular weight is 284 g/mol. The molecule has 6 heteroatoms. The van der Waals surface area contributed by atoms with E-state index in [1.54, 1.807) is 13.1 Å². The van der Waals surface area contributed by atoms with Crippen molar-refractivity contribution in [2.75, 3.05) is 7.05 Å². The predicted octanol–water partition coefficient (Wildman–Crippen LogP) is 3.56. The smallest absolute Gasteiger partial charge is 0.416 e. The van der Waals surface area contributed by atoms with Gasteiger partial charge in [0.2, 0.25) is 0 Å². The van der Waals surface area contributed by atoms with Crippen molar-refractivity contribution in [2.24, 2.45) is 0 Å². The first kappa shape index (κ1) is 14.6. The number of rotatable bonds is 4. The minimum Gasteiger partial charge on any atom is -0.469 e. The number of aryl methyl sites for hydroxylation is 1. The van der Waals surface area contributed by atoms with Crippen LogP contribution < -0.4 is 5.32 Å². The fraction of sp³-hybridized carbons (Fsp3) is 0.357. The van der Waals surface area contributed by atoms with E-state index in [-0.39, 0.29) is 5.56 Å². The van der Waals surface area contributed by atoms with Gasteiger partial charge in [0.1, 0.15) is 5.76 Å². The molecular formula is C14H15F3N2O. The zero-order chi connectivity index (χ0) is 14.8. The SMILES string of the molecule is CCc1occc1C(NC)c1cnccc1C(F)(F)F. The van der Waals surface area contributed by atoms with Gasteiger partial charge >= 0.3 is 6.18 Å². The summed E-state index contributed by atoms with van der Waals surface area (Å²) in [4.78, 5) is 3.82. The van der Waals surface area contributed by atoms with Gasteiger partial charge in [0.15, 0.2) is 0 Å². The minimum atomic E-state index is -4.41. The van der Waals surface area contributed by atoms with Crippen molar-refractivity contribution in [3.05, 3.63) is 53.2 Å². The summed E-state index contributed by atoms with van der Waals surface area (Å²) in [5.74, 6) is 0.668. The summed E-state index contributed by atoms with van der Waals surface area (Å²) in [7, 11) is 1.62. The lowest BCUT2D eigenvalue weighted by atomic mass is 9.95. The number of hydrogen-bond donors (Lipinski definition) is 1. The van der Waals surface area contributed by atoms with Gasteiger partial charge in [0.05, 0.1) is 17.9 Å². The van der Waals surface area contributed by atoms with Crippen molar-refractivity contribution in [1.82, 2.24) is 10.3 Å². The van der Waals surface area contributed by atoms with Crippen LogP contribution in [-0.2, 0) is 12.6 Å². The molecule has 0 bridgehead atoms. The van der Waals surface area contributed by atoms with Crippen LogP contribution in [0.15, 0.2) is 35.2 Å². The Morgan fingerprint density at radius 2 is 2.05 bits per heavy atom. The van der Waals surface area contributed by atoms with Crippen molar-refractivity contribution in [1.29, 1.82) is 0 Å². The Labute approximate surface area is 114 Å². The van der Waals surface area contributed by atoms with Crippen LogP contribution >= 0.6 is 0 Å². The summed E-state index contributed by atoms with van der Waals surface area (Å²) in [6.07, 6.45) is 0.0827. The van der Waals surface area contributed by atoms with Crippen molar-refractivity contribution in [3.8, 4) is 0 Å². The van der Waals surface area contributed by atoms with Crippen LogP contribution in [-0.4, -0.2) is 12.0 Å². The second-order valence-corrected chi connectivity index (χ2v) is 4.34. The van der Waals surface area contributed by atoms with Crippen LogP contribution in [0.2, 0.25) is 0 Å². The van der Waals surface area contributed by atoms with Gasteiger partial charge < -0.3 is 9.73 Å². The molecule has 1 unspecified atom stereocenters. The van der Waals surface area contributed by atoms with Crippen molar-refractivity contribution >= 4 is 0 Å². The molecule has 0 aromatic carbocycles. The summed E-state index contributed by atoms with van der Waals surface area (Å²) in [6, 6.07) is 2.08. The van der Waals surface area contributed by atoms with Crippen LogP contribution in [0, 0.1) is 0 Å². The van der Waals surface area contributed by atoms with E-state index in [2.05, 4.69) is 10.3 Å². The maximum absolute atomic E-state index is 13.1. The highest BCUT2D eigenvalue weighted by molar-refractivity contribution is 5.38. The van der Waals surface area contributed by atoms with E-state index >= 15 is 0 Å². The van der Waals surface area contributed by atoms with Crippen molar-refractivity contribution in [2.45, 2.75) is 25.6 Å². The quantitative estimate of drug-likeness (QED) is 0.932. The zero-order valence-corrected chi connectivity index (χ0v) is 11.2. The lowest BCUT2D eigenvalue weighted by Gasteiger charge is -2.20. The number of aromatic nitrogens is 1. The summed E-state index contributed by atoms with van der Waals surface area (Å²) < 4.78 is 44.6. The Balaban J connectivity index is 2.53. The lowest BCUT2D eigenvalue weighted by Crippen LogP contribution is -2.22. The van der Waals surface area contributed by atoms with Crippen LogP contribution in [0.1, 0.15) is 35.4 Å². The number of halogens is 3. The zero-order valence-electron chi connectivity index (χ0n) is 11.2. The maximum Gasteiger partial charge on any atom is 0.416 e. The number of furan rings is 1. The van der Waals surface area contributed by atoms with Gasteiger partial charge in [-0.05, 0) is 19.2 Å². The van der Waals surface area contributed by atoms with Gasteiger partial charge in [-0.25, -0.2) is 0 Å². The Hall–Kier alpha value is -1.82. The van der Waals surface area contributed by atoms with Gasteiger partial charge in [-0.1, -0.05) is 6.92 Å². The molecule has 2 aromatic rings. The van der Waals surface area contributed by atoms with Gasteiger partial charge in [0, 0.05) is 29.9 Å². The third-order valence-corrected chi connectivity index (χ3v) is 3.17. The number of nitrogens with zero attached hydrogens (tertiary/aromatic N) is 1. The van der Waals surface area contributed by atoms with E-state index in [0.717, 1.165) is 12.3 Å². The average Bonchev–Trinajstić information content (AvgIpc) is 2.87. The van der Waals surface area contributed by atoms with Gasteiger partial charge in [-0.15, -0.1) is 0 Å². The van der Waals surface area contributed by atoms with Crippen molar-refractivity contribution < 1.29 is 17.6 Å². The van der Waals surface area contributed by atoms with E-state index in [9.17, 15) is 13.2 Å². The molecule has 3 nitrogen and oxygen atoms in total. The molecule has 2 rings (SSSR count). The molecule has 0 saturated carbocycles. The maximum atomic E-state index is 13.1. The highest BCUT2D eigenvalue weighted by Gasteiger charge is 2.36. The molecule has 0 aliphatic rings. The third kappa shape index (κ3) is 2.70. The van der Waals surface area contributed by atoms with Gasteiger partial charge in [-0.3, -0.25) is 4.98 Å². The highest BCUT2D eigenvalue weighted by atomic mass is 19.4. The molecule has 1 N–H and O–H groups in total. The molecule has 0 amide bonds. The van der Waals surface area contributed by atoms with E-state index in [4.69, 9.17) is 4.42 Å². The first-order valence-electron chi connectivity index (χ1n) is 6.23. The summed E-state index contributed by atoms with van der Waals surface area (Å²) in [5, 5.41) is 2.91. The standard InChI is InChI=1S/C14H15F3N2O/c1-3-12-9(5-7-20-12)13(18-2)10-8-19-6-4-11(10)14(15,16)17/h4-8,13,18H,3H2,1-2H3. The Morgan fingerprint density at radius 3 is 2.65 bits per heavy atom. The molecule has 0 aliphatic heterocycles. The second-order valence-electron chi connectivity index (χ2n) is 4.34. The first-order chi connectivity index (χ1) is 9.49. The normalized spacial score (nSPS) is 13.4. The Bertz CT molecular complexity index is 578. The highest BCUT2D eigenvalue weighted by Crippen LogP contribution is 2.36. The molecule has 2 heterocycles. The molecule has 108 valence electrons. The first-order valence-corrected chi connectivity index (χ1v) is 6.23. The number of hydrogen-bond acceptors (Lipinski definition) is 3. The molecule has 20 heavy (non-hydrogen) atoms. The minimum absolute atomic E-state index is 0.0959. The van der Waals surface area contributed by atoms with Gasteiger partial charge in [0.25, 0.3) is 0 Å². The summed E-state index contributed by atoms with van der Waals surface area (Å²) >= 11 is 0. The monoisotopic (exact) mass is 284 g/mol. The largest absolute Gasteiger partial charge is 0.469 e. The van der Waals surface area contributed by atoms with Crippen LogP contribution in [0.25, 0.3) is 0 Å². The summed E-state index contributed by atoms with van der Waals surface area (Å²) in [5.41, 5.74) is 0.113. The molecule has 0 fully saturated rings. The van der Waals surface area contributed by atoms with Gasteiger partial charge in [-0.2, -0.15) is 13.2 Å². The molecular weight excluding hydrogens is 269 g/mol.